The van der Waals surface area contributed by atoms with Crippen LogP contribution < -0.4 is 14.8 Å². The molecule has 1 heterocycles. The highest BCUT2D eigenvalue weighted by atomic mass is 32.1. The van der Waals surface area contributed by atoms with E-state index in [1.807, 2.05) is 11.3 Å². The molecule has 0 unspecified atom stereocenters. The number of aromatic nitrogens is 1. The molecule has 1 aliphatic heterocycles. The molecule has 0 spiro atoms. The largest absolute Gasteiger partial charge is 0.378 e. The van der Waals surface area contributed by atoms with E-state index in [9.17, 15) is 0 Å². The Kier molecular flexibility index (Phi) is 9.28. The zero-order chi connectivity index (χ0) is 22.9. The van der Waals surface area contributed by atoms with Crippen molar-refractivity contribution in [3.63, 3.8) is 0 Å². The molecule has 2 aliphatic rings. The van der Waals surface area contributed by atoms with Gasteiger partial charge in [0.05, 0.1) is 20.8 Å². The summed E-state index contributed by atoms with van der Waals surface area (Å²) in [5.74, 6) is 0. The van der Waals surface area contributed by atoms with E-state index in [1.54, 1.807) is 0 Å². The fourth-order valence-corrected chi connectivity index (χ4v) is 5.02. The van der Waals surface area contributed by atoms with Gasteiger partial charge in [-0.3, -0.25) is 0 Å². The summed E-state index contributed by atoms with van der Waals surface area (Å²) in [6, 6.07) is 11.1. The molecule has 3 rings (SSSR count). The lowest BCUT2D eigenvalue weighted by Gasteiger charge is -2.13. The lowest BCUT2D eigenvalue weighted by atomic mass is 10.1. The Hall–Kier alpha value is -2.20. The first kappa shape index (κ1) is 24.4. The highest BCUT2D eigenvalue weighted by molar-refractivity contribution is 7.21. The quantitative estimate of drug-likeness (QED) is 0.177. The molecule has 0 bridgehead atoms. The Balaban J connectivity index is 1.83. The number of hydrogen-bond donors (Lipinski definition) is 0. The number of nitrogens with zero attached hydrogens (tertiary/aromatic N) is 3. The topological polar surface area (TPSA) is 19.1 Å². The maximum absolute atomic E-state index is 5.00. The number of anilines is 1. The fraction of sp³-hybridized carbons (Fsp3) is 0.500. The van der Waals surface area contributed by atoms with E-state index in [0.717, 1.165) is 24.2 Å². The summed E-state index contributed by atoms with van der Waals surface area (Å²) < 4.78 is 3.57. The minimum Gasteiger partial charge on any atom is -0.378 e. The fourth-order valence-electron chi connectivity index (χ4n) is 4.01. The average molecular weight is 451 g/mol. The first-order chi connectivity index (χ1) is 15.5. The van der Waals surface area contributed by atoms with Crippen LogP contribution >= 0.6 is 11.3 Å². The zero-order valence-electron chi connectivity index (χ0n) is 20.7. The van der Waals surface area contributed by atoms with Crippen molar-refractivity contribution >= 4 is 33.3 Å². The Morgan fingerprint density at radius 3 is 2.44 bits per heavy atom. The van der Waals surface area contributed by atoms with Crippen molar-refractivity contribution < 1.29 is 0 Å². The van der Waals surface area contributed by atoms with Gasteiger partial charge in [0.2, 0.25) is 5.36 Å². The SMILES string of the molecule is CCCCCCCCC/C=C/c1cc2nc3ccc(N(C)C)cc3sc-2c/c1=[N+](/C)CC. The molecule has 172 valence electrons. The third-order valence-corrected chi connectivity index (χ3v) is 7.28. The highest BCUT2D eigenvalue weighted by Gasteiger charge is 2.13. The van der Waals surface area contributed by atoms with Gasteiger partial charge in [-0.15, -0.1) is 11.3 Å². The number of hydrogen-bond acceptors (Lipinski definition) is 3. The molecular formula is C28H40N3S+. The molecular weight excluding hydrogens is 410 g/mol. The second-order valence-electron chi connectivity index (χ2n) is 8.97. The molecule has 0 N–H and O–H groups in total. The van der Waals surface area contributed by atoms with Crippen molar-refractivity contribution in [1.82, 2.24) is 9.56 Å². The van der Waals surface area contributed by atoms with Crippen molar-refractivity contribution in [2.24, 2.45) is 0 Å². The van der Waals surface area contributed by atoms with Crippen LogP contribution in [0.1, 0.15) is 70.8 Å². The van der Waals surface area contributed by atoms with E-state index in [-0.39, 0.29) is 0 Å². The molecule has 0 fully saturated rings. The van der Waals surface area contributed by atoms with Gasteiger partial charge in [0.15, 0.2) is 0 Å². The summed E-state index contributed by atoms with van der Waals surface area (Å²) in [6.07, 6.45) is 15.3. The van der Waals surface area contributed by atoms with E-state index in [1.165, 1.54) is 71.1 Å². The monoisotopic (exact) mass is 450 g/mol. The van der Waals surface area contributed by atoms with Crippen LogP contribution in [-0.4, -0.2) is 32.7 Å². The average Bonchev–Trinajstić information content (AvgIpc) is 2.80. The first-order valence-electron chi connectivity index (χ1n) is 12.3. The standard InChI is InChI=1S/C28H40N3S/c1-6-8-9-10-11-12-13-14-15-16-22-19-25-28(21-26(22)31(5)7-2)32-27-20-23(30(3)4)17-18-24(27)29-25/h15-21H,6-14H2,1-5H3/q+1/b16-15+. The maximum Gasteiger partial charge on any atom is 0.208 e. The molecule has 0 aromatic heterocycles. The highest BCUT2D eigenvalue weighted by Crippen LogP contribution is 2.32. The summed E-state index contributed by atoms with van der Waals surface area (Å²) in [5, 5.41) is 1.29. The molecule has 0 saturated heterocycles. The van der Waals surface area contributed by atoms with Gasteiger partial charge < -0.3 is 4.90 Å². The molecule has 0 radical (unpaired) electrons. The van der Waals surface area contributed by atoms with Gasteiger partial charge in [0, 0.05) is 31.4 Å². The van der Waals surface area contributed by atoms with Crippen LogP contribution in [-0.2, 0) is 0 Å². The molecule has 0 amide bonds. The van der Waals surface area contributed by atoms with Gasteiger partial charge in [0.25, 0.3) is 0 Å². The molecule has 4 heteroatoms. The van der Waals surface area contributed by atoms with Gasteiger partial charge in [-0.25, -0.2) is 9.56 Å². The van der Waals surface area contributed by atoms with E-state index in [4.69, 9.17) is 4.98 Å². The van der Waals surface area contributed by atoms with Crippen LogP contribution in [0.5, 0.6) is 0 Å². The number of fused-ring (bicyclic) bond motifs is 2. The number of unbranched alkanes of at least 4 members (excludes halogenated alkanes) is 7. The molecule has 1 aromatic rings. The van der Waals surface area contributed by atoms with Crippen molar-refractivity contribution in [3.05, 3.63) is 47.3 Å². The van der Waals surface area contributed by atoms with Crippen molar-refractivity contribution in [3.8, 4) is 10.6 Å². The van der Waals surface area contributed by atoms with Crippen LogP contribution in [0.2, 0.25) is 0 Å². The van der Waals surface area contributed by atoms with E-state index in [2.05, 4.69) is 86.9 Å². The van der Waals surface area contributed by atoms with Crippen LogP contribution in [0.4, 0.5) is 5.69 Å². The minimum atomic E-state index is 0.987. The predicted molar refractivity (Wildman–Crippen MR) is 144 cm³/mol. The van der Waals surface area contributed by atoms with Crippen molar-refractivity contribution in [2.75, 3.05) is 32.6 Å². The van der Waals surface area contributed by atoms with Crippen LogP contribution in [0.3, 0.4) is 0 Å². The smallest absolute Gasteiger partial charge is 0.208 e. The lowest BCUT2D eigenvalue weighted by Crippen LogP contribution is -2.28. The molecule has 32 heavy (non-hydrogen) atoms. The number of rotatable bonds is 11. The van der Waals surface area contributed by atoms with E-state index >= 15 is 0 Å². The third kappa shape index (κ3) is 6.41. The Labute approximate surface area is 198 Å². The molecule has 1 aliphatic carbocycles. The summed E-state index contributed by atoms with van der Waals surface area (Å²) in [7, 11) is 6.34. The molecule has 0 atom stereocenters. The van der Waals surface area contributed by atoms with Crippen LogP contribution in [0, 0.1) is 0 Å². The summed E-state index contributed by atoms with van der Waals surface area (Å²) in [4.78, 5) is 8.39. The molecule has 1 aromatic carbocycles. The third-order valence-electron chi connectivity index (χ3n) is 6.19. The minimum absolute atomic E-state index is 0.987. The van der Waals surface area contributed by atoms with E-state index in [0.29, 0.717) is 0 Å². The first-order valence-corrected chi connectivity index (χ1v) is 13.1. The van der Waals surface area contributed by atoms with E-state index < -0.39 is 0 Å². The Morgan fingerprint density at radius 1 is 0.969 bits per heavy atom. The maximum atomic E-state index is 5.00. The van der Waals surface area contributed by atoms with Gasteiger partial charge >= 0.3 is 0 Å². The van der Waals surface area contributed by atoms with Gasteiger partial charge in [-0.1, -0.05) is 57.6 Å². The number of benzene rings is 2. The lowest BCUT2D eigenvalue weighted by molar-refractivity contribution is 0.592. The number of allylic oxidation sites excluding steroid dienone is 1. The van der Waals surface area contributed by atoms with Crippen LogP contribution in [0.15, 0.2) is 36.4 Å². The summed E-state index contributed by atoms with van der Waals surface area (Å²) in [6.45, 7) is 5.48. The van der Waals surface area contributed by atoms with Crippen molar-refractivity contribution in [1.29, 1.82) is 0 Å². The predicted octanol–water partition coefficient (Wildman–Crippen LogP) is 7.04. The normalized spacial score (nSPS) is 12.8. The van der Waals surface area contributed by atoms with Gasteiger partial charge in [0.1, 0.15) is 13.6 Å². The molecule has 0 saturated carbocycles. The Bertz CT molecular complexity index is 1080. The van der Waals surface area contributed by atoms with Gasteiger partial charge in [-0.2, -0.15) is 0 Å². The molecule has 3 nitrogen and oxygen atoms in total. The van der Waals surface area contributed by atoms with Gasteiger partial charge in [-0.05, 0) is 44.0 Å². The second kappa shape index (κ2) is 12.2. The Morgan fingerprint density at radius 2 is 1.72 bits per heavy atom. The summed E-state index contributed by atoms with van der Waals surface area (Å²) >= 11 is 1.84. The summed E-state index contributed by atoms with van der Waals surface area (Å²) in [5.41, 5.74) is 4.64. The zero-order valence-corrected chi connectivity index (χ0v) is 21.5. The van der Waals surface area contributed by atoms with Crippen LogP contribution in [0.25, 0.3) is 26.9 Å². The second-order valence-corrected chi connectivity index (χ2v) is 10.0. The van der Waals surface area contributed by atoms with Crippen molar-refractivity contribution in [2.45, 2.75) is 65.2 Å².